The predicted octanol–water partition coefficient (Wildman–Crippen LogP) is 8.75. The van der Waals surface area contributed by atoms with E-state index in [1.807, 2.05) is 37.3 Å². The van der Waals surface area contributed by atoms with E-state index in [2.05, 4.69) is 35.8 Å². The van der Waals surface area contributed by atoms with Crippen LogP contribution in [0.5, 0.6) is 0 Å². The third-order valence-electron chi connectivity index (χ3n) is 6.96. The zero-order valence-corrected chi connectivity index (χ0v) is 29.2. The summed E-state index contributed by atoms with van der Waals surface area (Å²) in [6.07, 6.45) is 34.8. The maximum atomic E-state index is 12.3. The Morgan fingerprint density at radius 2 is 1.22 bits per heavy atom. The molecule has 0 aromatic heterocycles. The molecule has 2 atom stereocenters. The quantitative estimate of drug-likeness (QED) is 0.0225. The van der Waals surface area contributed by atoms with Crippen LogP contribution in [-0.2, 0) is 28.2 Å². The molecule has 0 saturated heterocycles. The number of unbranched alkanes of at least 4 members (excludes halogenated alkanes) is 10. The Morgan fingerprint density at radius 3 is 1.80 bits per heavy atom. The molecule has 46 heavy (non-hydrogen) atoms. The summed E-state index contributed by atoms with van der Waals surface area (Å²) >= 11 is 0. The first-order chi connectivity index (χ1) is 22.2. The van der Waals surface area contributed by atoms with Crippen molar-refractivity contribution in [1.29, 1.82) is 0 Å². The highest BCUT2D eigenvalue weighted by molar-refractivity contribution is 7.46. The maximum Gasteiger partial charge on any atom is 0.469 e. The largest absolute Gasteiger partial charge is 0.469 e. The Morgan fingerprint density at radius 1 is 0.674 bits per heavy atom. The number of ether oxygens (including phenoxy) is 2. The summed E-state index contributed by atoms with van der Waals surface area (Å²) in [5.74, 6) is -0.980. The highest BCUT2D eigenvalue weighted by Crippen LogP contribution is 2.35. The SMILES string of the molecule is CCCCCCCCCCCCC(=O)O[C@H](COC(=O)CCC/C=C\C/C=C\C/C=C\C/C=C\C=C\[C@@H](O)CC)COP(=O)(O)O. The van der Waals surface area contributed by atoms with E-state index in [0.717, 1.165) is 38.5 Å². The summed E-state index contributed by atoms with van der Waals surface area (Å²) in [6.45, 7) is 3.25. The van der Waals surface area contributed by atoms with Crippen molar-refractivity contribution in [2.24, 2.45) is 0 Å². The van der Waals surface area contributed by atoms with Crippen molar-refractivity contribution in [3.05, 3.63) is 60.8 Å². The number of carbonyl (C=O) groups excluding carboxylic acids is 2. The Labute approximate surface area is 278 Å². The van der Waals surface area contributed by atoms with E-state index in [1.165, 1.54) is 38.5 Å². The first-order valence-electron chi connectivity index (χ1n) is 17.2. The third kappa shape index (κ3) is 33.1. The van der Waals surface area contributed by atoms with Crippen molar-refractivity contribution in [2.45, 2.75) is 142 Å². The molecule has 0 aliphatic rings. The number of aliphatic hydroxyl groups is 1. The zero-order chi connectivity index (χ0) is 34.1. The fourth-order valence-electron chi connectivity index (χ4n) is 4.24. The lowest BCUT2D eigenvalue weighted by Crippen LogP contribution is -2.29. The molecule has 0 amide bonds. The normalized spacial score (nSPS) is 13.9. The van der Waals surface area contributed by atoms with Gasteiger partial charge in [-0.05, 0) is 44.9 Å². The number of hydrogen-bond donors (Lipinski definition) is 3. The number of hydrogen-bond acceptors (Lipinski definition) is 7. The molecule has 0 spiro atoms. The molecule has 0 saturated carbocycles. The fourth-order valence-corrected chi connectivity index (χ4v) is 4.60. The van der Waals surface area contributed by atoms with Crippen molar-refractivity contribution in [3.63, 3.8) is 0 Å². The van der Waals surface area contributed by atoms with Gasteiger partial charge in [0.1, 0.15) is 6.61 Å². The van der Waals surface area contributed by atoms with Crippen molar-refractivity contribution < 1.29 is 43.0 Å². The van der Waals surface area contributed by atoms with Gasteiger partial charge in [-0.1, -0.05) is 132 Å². The van der Waals surface area contributed by atoms with Crippen LogP contribution < -0.4 is 0 Å². The minimum absolute atomic E-state index is 0.174. The smallest absolute Gasteiger partial charge is 0.462 e. The molecule has 0 heterocycles. The highest BCUT2D eigenvalue weighted by Gasteiger charge is 2.22. The number of esters is 2. The molecule has 0 aromatic carbocycles. The second-order valence-corrected chi connectivity index (χ2v) is 12.6. The number of allylic oxidation sites excluding steroid dienone is 9. The average molecular weight is 669 g/mol. The number of aliphatic hydroxyl groups excluding tert-OH is 1. The molecule has 0 fully saturated rings. The molecule has 3 N–H and O–H groups in total. The second-order valence-electron chi connectivity index (χ2n) is 11.3. The number of carbonyl (C=O) groups is 2. The molecule has 264 valence electrons. The lowest BCUT2D eigenvalue weighted by molar-refractivity contribution is -0.161. The molecule has 0 bridgehead atoms. The lowest BCUT2D eigenvalue weighted by atomic mass is 10.1. The average Bonchev–Trinajstić information content (AvgIpc) is 3.02. The summed E-state index contributed by atoms with van der Waals surface area (Å²) in [5.41, 5.74) is 0. The molecule has 9 nitrogen and oxygen atoms in total. The van der Waals surface area contributed by atoms with Gasteiger partial charge in [-0.15, -0.1) is 0 Å². The van der Waals surface area contributed by atoms with Gasteiger partial charge in [-0.2, -0.15) is 0 Å². The van der Waals surface area contributed by atoms with Crippen LogP contribution in [0.1, 0.15) is 129 Å². The van der Waals surface area contributed by atoms with Gasteiger partial charge in [0.15, 0.2) is 6.10 Å². The van der Waals surface area contributed by atoms with Crippen molar-refractivity contribution in [2.75, 3.05) is 13.2 Å². The van der Waals surface area contributed by atoms with Crippen molar-refractivity contribution in [1.82, 2.24) is 0 Å². The van der Waals surface area contributed by atoms with E-state index < -0.39 is 32.5 Å². The van der Waals surface area contributed by atoms with Crippen molar-refractivity contribution >= 4 is 19.8 Å². The van der Waals surface area contributed by atoms with Gasteiger partial charge >= 0.3 is 19.8 Å². The minimum Gasteiger partial charge on any atom is -0.462 e. The van der Waals surface area contributed by atoms with Crippen molar-refractivity contribution in [3.8, 4) is 0 Å². The number of rotatable bonds is 30. The molecule has 0 aliphatic heterocycles. The van der Waals surface area contributed by atoms with Crippen LogP contribution >= 0.6 is 7.82 Å². The van der Waals surface area contributed by atoms with E-state index in [0.29, 0.717) is 25.7 Å². The minimum atomic E-state index is -4.76. The summed E-state index contributed by atoms with van der Waals surface area (Å²) < 4.78 is 26.1. The second kappa shape index (κ2) is 31.3. The zero-order valence-electron chi connectivity index (χ0n) is 28.3. The molecule has 0 rings (SSSR count). The molecule has 0 unspecified atom stereocenters. The summed E-state index contributed by atoms with van der Waals surface area (Å²) in [6, 6.07) is 0. The predicted molar refractivity (Wildman–Crippen MR) is 185 cm³/mol. The Balaban J connectivity index is 4.14. The monoisotopic (exact) mass is 668 g/mol. The van der Waals surface area contributed by atoms with Crippen LogP contribution in [0.2, 0.25) is 0 Å². The van der Waals surface area contributed by atoms with E-state index in [1.54, 1.807) is 6.08 Å². The molecule has 0 aromatic rings. The topological polar surface area (TPSA) is 140 Å². The van der Waals surface area contributed by atoms with E-state index >= 15 is 0 Å². The van der Waals surface area contributed by atoms with Gasteiger partial charge < -0.3 is 24.4 Å². The van der Waals surface area contributed by atoms with E-state index in [4.69, 9.17) is 19.3 Å². The summed E-state index contributed by atoms with van der Waals surface area (Å²) in [5, 5.41) is 9.43. The third-order valence-corrected chi connectivity index (χ3v) is 7.44. The Kier molecular flexibility index (Phi) is 29.8. The molecule has 0 radical (unpaired) electrons. The number of phosphoric ester groups is 1. The number of phosphoric acid groups is 1. The van der Waals surface area contributed by atoms with Gasteiger partial charge in [0.05, 0.1) is 12.7 Å². The van der Waals surface area contributed by atoms with E-state index in [-0.39, 0.29) is 25.6 Å². The van der Waals surface area contributed by atoms with Gasteiger partial charge in [0.25, 0.3) is 0 Å². The summed E-state index contributed by atoms with van der Waals surface area (Å²) in [4.78, 5) is 42.5. The van der Waals surface area contributed by atoms with Crippen LogP contribution in [0.4, 0.5) is 0 Å². The van der Waals surface area contributed by atoms with Gasteiger partial charge in [0, 0.05) is 12.8 Å². The van der Waals surface area contributed by atoms with Crippen LogP contribution in [0.25, 0.3) is 0 Å². The fraction of sp³-hybridized carbons (Fsp3) is 0.667. The van der Waals surface area contributed by atoms with Gasteiger partial charge in [0.2, 0.25) is 0 Å². The highest BCUT2D eigenvalue weighted by atomic mass is 31.2. The van der Waals surface area contributed by atoms with Gasteiger partial charge in [-0.25, -0.2) is 4.57 Å². The first-order valence-corrected chi connectivity index (χ1v) is 18.7. The molecular weight excluding hydrogens is 607 g/mol. The maximum absolute atomic E-state index is 12.3. The Hall–Kier alpha value is -2.29. The molecular formula is C36H61O9P. The lowest BCUT2D eigenvalue weighted by Gasteiger charge is -2.18. The summed E-state index contributed by atoms with van der Waals surface area (Å²) in [7, 11) is -4.76. The molecule has 10 heteroatoms. The van der Waals surface area contributed by atoms with Crippen LogP contribution in [0, 0.1) is 0 Å². The van der Waals surface area contributed by atoms with Crippen LogP contribution in [-0.4, -0.2) is 52.3 Å². The van der Waals surface area contributed by atoms with Crippen LogP contribution in [0.15, 0.2) is 60.8 Å². The van der Waals surface area contributed by atoms with Gasteiger partial charge in [-0.3, -0.25) is 14.1 Å². The first kappa shape index (κ1) is 43.7. The van der Waals surface area contributed by atoms with E-state index in [9.17, 15) is 19.3 Å². The standard InChI is InChI=1S/C36H61O9P/c1-3-5-6-7-8-9-17-21-24-27-30-36(39)45-34(32-44-46(40,41)42)31-43-35(38)29-26-23-20-18-15-13-11-10-12-14-16-19-22-25-28-33(37)4-2/h11-14,18-20,22,25,28,33-34,37H,3-10,15-17,21,23-24,26-27,29-32H2,1-2H3,(H2,40,41,42)/b13-11-,14-12-,20-18-,22-19-,28-25+/t33-,34+/m0/s1. The van der Waals surface area contributed by atoms with Crippen LogP contribution in [0.3, 0.4) is 0 Å². The Bertz CT molecular complexity index is 949. The molecule has 0 aliphatic carbocycles.